The number of esters is 2. The largest absolute Gasteiger partial charge is 0.462 e. The highest BCUT2D eigenvalue weighted by Gasteiger charge is 2.12. The first-order chi connectivity index (χ1) is 8.58. The molecule has 0 atom stereocenters. The Balaban J connectivity index is 3.03. The topological polar surface area (TPSA) is 52.6 Å². The summed E-state index contributed by atoms with van der Waals surface area (Å²) in [4.78, 5) is 22.2. The van der Waals surface area contributed by atoms with Crippen LogP contribution in [0.2, 0.25) is 0 Å². The van der Waals surface area contributed by atoms with Crippen molar-refractivity contribution in [3.8, 4) is 11.8 Å². The molecule has 0 saturated heterocycles. The second-order valence-corrected chi connectivity index (χ2v) is 3.16. The summed E-state index contributed by atoms with van der Waals surface area (Å²) in [5.74, 6) is 2.47. The zero-order chi connectivity index (χ0) is 13.5. The first-order valence-corrected chi connectivity index (χ1v) is 5.15. The van der Waals surface area contributed by atoms with Gasteiger partial charge in [0.1, 0.15) is 5.82 Å². The maximum Gasteiger partial charge on any atom is 0.384 e. The minimum atomic E-state index is -0.767. The lowest BCUT2D eigenvalue weighted by molar-refractivity contribution is -0.133. The van der Waals surface area contributed by atoms with Gasteiger partial charge in [0.05, 0.1) is 19.3 Å². The van der Waals surface area contributed by atoms with Crippen molar-refractivity contribution >= 4 is 11.9 Å². The minimum absolute atomic E-state index is 0.149. The van der Waals surface area contributed by atoms with Gasteiger partial charge < -0.3 is 9.47 Å². The van der Waals surface area contributed by atoms with E-state index < -0.39 is 17.8 Å². The van der Waals surface area contributed by atoms with Gasteiger partial charge in [-0.2, -0.15) is 0 Å². The summed E-state index contributed by atoms with van der Waals surface area (Å²) in [5.41, 5.74) is 0.110. The Hall–Kier alpha value is -2.35. The molecule has 0 aliphatic carbocycles. The van der Waals surface area contributed by atoms with Gasteiger partial charge in [-0.1, -0.05) is 5.92 Å². The van der Waals surface area contributed by atoms with Crippen molar-refractivity contribution < 1.29 is 23.5 Å². The van der Waals surface area contributed by atoms with Crippen molar-refractivity contribution in [1.82, 2.24) is 0 Å². The highest BCUT2D eigenvalue weighted by molar-refractivity contribution is 5.91. The number of halogens is 1. The minimum Gasteiger partial charge on any atom is -0.462 e. The predicted molar refractivity (Wildman–Crippen MR) is 61.3 cm³/mol. The molecule has 94 valence electrons. The van der Waals surface area contributed by atoms with Gasteiger partial charge in [0.2, 0.25) is 0 Å². The molecule has 0 N–H and O–H groups in total. The number of ether oxygens (including phenoxy) is 2. The van der Waals surface area contributed by atoms with Gasteiger partial charge in [-0.25, -0.2) is 14.0 Å². The van der Waals surface area contributed by atoms with E-state index in [2.05, 4.69) is 16.6 Å². The lowest BCUT2D eigenvalue weighted by atomic mass is 10.1. The van der Waals surface area contributed by atoms with Crippen molar-refractivity contribution in [2.24, 2.45) is 0 Å². The Morgan fingerprint density at radius 3 is 2.72 bits per heavy atom. The van der Waals surface area contributed by atoms with E-state index in [4.69, 9.17) is 4.74 Å². The molecule has 0 bridgehead atoms. The lowest BCUT2D eigenvalue weighted by Crippen LogP contribution is -2.07. The number of hydrogen-bond acceptors (Lipinski definition) is 4. The molecule has 18 heavy (non-hydrogen) atoms. The van der Waals surface area contributed by atoms with Crippen LogP contribution in [0.1, 0.15) is 22.8 Å². The average molecular weight is 250 g/mol. The fraction of sp³-hybridized carbons (Fsp3) is 0.231. The summed E-state index contributed by atoms with van der Waals surface area (Å²) in [7, 11) is 1.20. The molecule has 0 spiro atoms. The van der Waals surface area contributed by atoms with Crippen molar-refractivity contribution in [2.45, 2.75) is 6.92 Å². The third-order valence-electron chi connectivity index (χ3n) is 1.96. The van der Waals surface area contributed by atoms with Gasteiger partial charge in [-0.3, -0.25) is 0 Å². The highest BCUT2D eigenvalue weighted by atomic mass is 19.1. The molecular weight excluding hydrogens is 239 g/mol. The summed E-state index contributed by atoms with van der Waals surface area (Å²) >= 11 is 0. The molecule has 0 aliphatic rings. The highest BCUT2D eigenvalue weighted by Crippen LogP contribution is 2.11. The Bertz CT molecular complexity index is 526. The molecule has 1 aromatic rings. The molecule has 5 heteroatoms. The van der Waals surface area contributed by atoms with Crippen molar-refractivity contribution in [3.05, 3.63) is 35.1 Å². The molecule has 0 radical (unpaired) electrons. The maximum absolute atomic E-state index is 13.4. The summed E-state index contributed by atoms with van der Waals surface area (Å²) in [6.45, 7) is 1.77. The van der Waals surface area contributed by atoms with Crippen LogP contribution in [0, 0.1) is 17.7 Å². The molecule has 0 amide bonds. The van der Waals surface area contributed by atoms with E-state index in [1.807, 2.05) is 0 Å². The maximum atomic E-state index is 13.4. The van der Waals surface area contributed by atoms with Crippen LogP contribution in [0.25, 0.3) is 0 Å². The fourth-order valence-electron chi connectivity index (χ4n) is 1.14. The molecule has 0 aliphatic heterocycles. The summed E-state index contributed by atoms with van der Waals surface area (Å²) in [6, 6.07) is 3.67. The number of hydrogen-bond donors (Lipinski definition) is 0. The van der Waals surface area contributed by atoms with Gasteiger partial charge in [-0.05, 0) is 25.1 Å². The molecule has 1 rings (SSSR count). The van der Waals surface area contributed by atoms with Crippen LogP contribution in [0.5, 0.6) is 0 Å². The summed E-state index contributed by atoms with van der Waals surface area (Å²) in [6.07, 6.45) is 0. The molecule has 0 aromatic heterocycles. The molecule has 1 aromatic carbocycles. The predicted octanol–water partition coefficient (Wildman–Crippen LogP) is 1.53. The lowest BCUT2D eigenvalue weighted by Gasteiger charge is -2.03. The molecule has 0 saturated carbocycles. The van der Waals surface area contributed by atoms with Crippen LogP contribution >= 0.6 is 0 Å². The smallest absolute Gasteiger partial charge is 0.384 e. The van der Waals surface area contributed by atoms with Gasteiger partial charge in [0, 0.05) is 11.5 Å². The van der Waals surface area contributed by atoms with E-state index >= 15 is 0 Å². The van der Waals surface area contributed by atoms with Crippen molar-refractivity contribution in [1.29, 1.82) is 0 Å². The Labute approximate surface area is 104 Å². The number of rotatable bonds is 2. The zero-order valence-electron chi connectivity index (χ0n) is 9.95. The molecule has 0 fully saturated rings. The van der Waals surface area contributed by atoms with E-state index in [-0.39, 0.29) is 12.2 Å². The molecular formula is C13H11FO4. The molecule has 0 heterocycles. The Morgan fingerprint density at radius 1 is 1.39 bits per heavy atom. The third-order valence-corrected chi connectivity index (χ3v) is 1.96. The summed E-state index contributed by atoms with van der Waals surface area (Å²) < 4.78 is 22.4. The van der Waals surface area contributed by atoms with Crippen LogP contribution in [0.4, 0.5) is 4.39 Å². The van der Waals surface area contributed by atoms with Crippen molar-refractivity contribution in [3.63, 3.8) is 0 Å². The van der Waals surface area contributed by atoms with E-state index in [0.717, 1.165) is 6.07 Å². The van der Waals surface area contributed by atoms with Crippen molar-refractivity contribution in [2.75, 3.05) is 13.7 Å². The van der Waals surface area contributed by atoms with Gasteiger partial charge in [0.15, 0.2) is 0 Å². The Morgan fingerprint density at radius 2 is 2.11 bits per heavy atom. The van der Waals surface area contributed by atoms with E-state index in [0.29, 0.717) is 5.56 Å². The number of benzene rings is 1. The van der Waals surface area contributed by atoms with E-state index in [9.17, 15) is 14.0 Å². The van der Waals surface area contributed by atoms with Crippen LogP contribution in [0.15, 0.2) is 18.2 Å². The first kappa shape index (κ1) is 13.7. The van der Waals surface area contributed by atoms with Crippen LogP contribution in [0.3, 0.4) is 0 Å². The normalized spacial score (nSPS) is 9.06. The van der Waals surface area contributed by atoms with Crippen LogP contribution in [-0.4, -0.2) is 25.7 Å². The molecule has 0 unspecified atom stereocenters. The van der Waals surface area contributed by atoms with E-state index in [1.54, 1.807) is 6.92 Å². The zero-order valence-corrected chi connectivity index (χ0v) is 9.95. The Kier molecular flexibility index (Phi) is 4.88. The second-order valence-electron chi connectivity index (χ2n) is 3.16. The first-order valence-electron chi connectivity index (χ1n) is 5.15. The average Bonchev–Trinajstić information content (AvgIpc) is 2.37. The standard InChI is InChI=1S/C13H11FO4/c1-3-18-13(16)10-8-9(4-6-11(10)14)5-7-12(15)17-2/h4,6,8H,3H2,1-2H3. The number of carbonyl (C=O) groups is 2. The summed E-state index contributed by atoms with van der Waals surface area (Å²) in [5, 5.41) is 0. The number of carbonyl (C=O) groups excluding carboxylic acids is 2. The van der Waals surface area contributed by atoms with Gasteiger partial charge >= 0.3 is 11.9 Å². The van der Waals surface area contributed by atoms with Crippen LogP contribution in [-0.2, 0) is 14.3 Å². The van der Waals surface area contributed by atoms with Gasteiger partial charge in [0.25, 0.3) is 0 Å². The fourth-order valence-corrected chi connectivity index (χ4v) is 1.14. The quantitative estimate of drug-likeness (QED) is 0.590. The van der Waals surface area contributed by atoms with E-state index in [1.165, 1.54) is 19.2 Å². The number of methoxy groups -OCH3 is 1. The second kappa shape index (κ2) is 6.40. The van der Waals surface area contributed by atoms with Crippen LogP contribution < -0.4 is 0 Å². The SMILES string of the molecule is CCOC(=O)c1cc(C#CC(=O)OC)ccc1F. The van der Waals surface area contributed by atoms with Gasteiger partial charge in [-0.15, -0.1) is 0 Å². The monoisotopic (exact) mass is 250 g/mol. The third kappa shape index (κ3) is 3.59. The molecule has 4 nitrogen and oxygen atoms in total.